The van der Waals surface area contributed by atoms with Crippen LogP contribution in [0.4, 0.5) is 13.2 Å². The number of alkyl halides is 2. The first-order valence-electron chi connectivity index (χ1n) is 2.66. The van der Waals surface area contributed by atoms with E-state index in [1.54, 1.807) is 0 Å². The summed E-state index contributed by atoms with van der Waals surface area (Å²) in [4.78, 5) is 0. The highest BCUT2D eigenvalue weighted by molar-refractivity contribution is 5.01. The Kier molecular flexibility index (Phi) is 1.94. The van der Waals surface area contributed by atoms with Crippen LogP contribution >= 0.6 is 0 Å². The smallest absolute Gasteiger partial charge is 0.244 e. The molecule has 0 aromatic carbocycles. The molecule has 0 fully saturated rings. The normalized spacial score (nSPS) is 10.8. The van der Waals surface area contributed by atoms with E-state index in [9.17, 15) is 13.2 Å². The highest BCUT2D eigenvalue weighted by Crippen LogP contribution is 2.07. The Morgan fingerprint density at radius 2 is 2.30 bits per heavy atom. The van der Waals surface area contributed by atoms with E-state index in [1.165, 1.54) is 0 Å². The molecule has 5 heteroatoms. The van der Waals surface area contributed by atoms with E-state index < -0.39 is 18.7 Å². The van der Waals surface area contributed by atoms with Crippen molar-refractivity contribution < 1.29 is 13.2 Å². The van der Waals surface area contributed by atoms with Gasteiger partial charge in [-0.2, -0.15) is 5.10 Å². The molecule has 1 aromatic heterocycles. The van der Waals surface area contributed by atoms with Crippen LogP contribution in [-0.2, 0) is 6.42 Å². The van der Waals surface area contributed by atoms with Gasteiger partial charge in [0, 0.05) is 0 Å². The fourth-order valence-electron chi connectivity index (χ4n) is 0.596. The van der Waals surface area contributed by atoms with Crippen molar-refractivity contribution in [3.05, 3.63) is 17.7 Å². The van der Waals surface area contributed by atoms with Gasteiger partial charge in [-0.1, -0.05) is 0 Å². The number of nitrogens with zero attached hydrogens (tertiary/aromatic N) is 1. The lowest BCUT2D eigenvalue weighted by Crippen LogP contribution is -1.98. The van der Waals surface area contributed by atoms with E-state index in [0.29, 0.717) is 0 Å². The number of halogens is 3. The summed E-state index contributed by atoms with van der Waals surface area (Å²) in [6.07, 6.45) is -2.27. The lowest BCUT2D eigenvalue weighted by Gasteiger charge is -1.93. The van der Waals surface area contributed by atoms with Gasteiger partial charge in [0.2, 0.25) is 6.43 Å². The molecule has 0 amide bonds. The molecule has 10 heavy (non-hydrogen) atoms. The average Bonchev–Trinajstić information content (AvgIpc) is 2.15. The van der Waals surface area contributed by atoms with Crippen LogP contribution in [0.5, 0.6) is 0 Å². The first-order chi connectivity index (χ1) is 4.70. The van der Waals surface area contributed by atoms with Gasteiger partial charge >= 0.3 is 0 Å². The van der Waals surface area contributed by atoms with E-state index in [0.717, 1.165) is 6.20 Å². The van der Waals surface area contributed by atoms with Crippen LogP contribution < -0.4 is 0 Å². The van der Waals surface area contributed by atoms with Crippen molar-refractivity contribution in [3.63, 3.8) is 0 Å². The first kappa shape index (κ1) is 7.11. The molecule has 0 aliphatic heterocycles. The quantitative estimate of drug-likeness (QED) is 0.677. The largest absolute Gasteiger partial charge is 0.279 e. The molecule has 0 spiro atoms. The van der Waals surface area contributed by atoms with Crippen molar-refractivity contribution in [1.29, 1.82) is 0 Å². The number of nitrogens with one attached hydrogen (secondary N) is 1. The zero-order valence-electron chi connectivity index (χ0n) is 4.94. The van der Waals surface area contributed by atoms with Crippen molar-refractivity contribution in [2.24, 2.45) is 0 Å². The standard InChI is InChI=1S/C5H5F3N2/c6-3-2-9-10-4(3)1-5(7)8/h2,5H,1H2,(H,9,10). The molecule has 2 nitrogen and oxygen atoms in total. The predicted octanol–water partition coefficient (Wildman–Crippen LogP) is 1.36. The molecule has 1 rings (SSSR count). The molecule has 0 atom stereocenters. The number of aromatic nitrogens is 2. The molecule has 0 unspecified atom stereocenters. The van der Waals surface area contributed by atoms with E-state index >= 15 is 0 Å². The zero-order chi connectivity index (χ0) is 7.56. The Bertz CT molecular complexity index is 208. The lowest BCUT2D eigenvalue weighted by molar-refractivity contribution is 0.146. The Morgan fingerprint density at radius 1 is 1.60 bits per heavy atom. The van der Waals surface area contributed by atoms with Gasteiger partial charge < -0.3 is 0 Å². The Labute approximate surface area is 55.1 Å². The maximum Gasteiger partial charge on any atom is 0.244 e. The van der Waals surface area contributed by atoms with Crippen molar-refractivity contribution >= 4 is 0 Å². The van der Waals surface area contributed by atoms with Crippen molar-refractivity contribution in [2.45, 2.75) is 12.8 Å². The number of hydrogen-bond acceptors (Lipinski definition) is 1. The van der Waals surface area contributed by atoms with Crippen LogP contribution in [0.3, 0.4) is 0 Å². The maximum atomic E-state index is 12.3. The maximum absolute atomic E-state index is 12.3. The summed E-state index contributed by atoms with van der Waals surface area (Å²) in [7, 11) is 0. The van der Waals surface area contributed by atoms with Crippen molar-refractivity contribution in [3.8, 4) is 0 Å². The minimum Gasteiger partial charge on any atom is -0.279 e. The van der Waals surface area contributed by atoms with Crippen LogP contribution in [0.15, 0.2) is 6.20 Å². The predicted molar refractivity (Wildman–Crippen MR) is 28.3 cm³/mol. The lowest BCUT2D eigenvalue weighted by atomic mass is 10.3. The molecule has 0 aliphatic rings. The highest BCUT2D eigenvalue weighted by Gasteiger charge is 2.10. The fraction of sp³-hybridized carbons (Fsp3) is 0.400. The monoisotopic (exact) mass is 150 g/mol. The van der Waals surface area contributed by atoms with Gasteiger partial charge in [-0.15, -0.1) is 0 Å². The van der Waals surface area contributed by atoms with Gasteiger partial charge in [-0.05, 0) is 0 Å². The topological polar surface area (TPSA) is 28.7 Å². The van der Waals surface area contributed by atoms with E-state index in [-0.39, 0.29) is 5.69 Å². The van der Waals surface area contributed by atoms with Crippen molar-refractivity contribution in [2.75, 3.05) is 0 Å². The third-order valence-electron chi connectivity index (χ3n) is 1.02. The van der Waals surface area contributed by atoms with Gasteiger partial charge in [0.05, 0.1) is 18.3 Å². The third-order valence-corrected chi connectivity index (χ3v) is 1.02. The Balaban J connectivity index is 2.65. The second-order valence-electron chi connectivity index (χ2n) is 1.79. The third kappa shape index (κ3) is 1.49. The van der Waals surface area contributed by atoms with E-state index in [4.69, 9.17) is 0 Å². The molecule has 1 aromatic rings. The molecule has 0 saturated heterocycles. The summed E-state index contributed by atoms with van der Waals surface area (Å²) in [6, 6.07) is 0. The molecular formula is C5H5F3N2. The van der Waals surface area contributed by atoms with Gasteiger partial charge in [0.15, 0.2) is 5.82 Å². The van der Waals surface area contributed by atoms with Crippen molar-refractivity contribution in [1.82, 2.24) is 10.2 Å². The molecule has 1 heterocycles. The second kappa shape index (κ2) is 2.72. The summed E-state index contributed by atoms with van der Waals surface area (Å²) >= 11 is 0. The number of H-pyrrole nitrogens is 1. The number of rotatable bonds is 2. The van der Waals surface area contributed by atoms with Gasteiger partial charge in [-0.25, -0.2) is 13.2 Å². The summed E-state index contributed by atoms with van der Waals surface area (Å²) in [6.45, 7) is 0. The zero-order valence-corrected chi connectivity index (χ0v) is 4.94. The molecule has 0 aliphatic carbocycles. The molecule has 0 radical (unpaired) electrons. The minimum atomic E-state index is -2.53. The molecular weight excluding hydrogens is 145 g/mol. The van der Waals surface area contributed by atoms with Crippen LogP contribution in [-0.4, -0.2) is 16.6 Å². The van der Waals surface area contributed by atoms with Crippen LogP contribution in [0, 0.1) is 5.82 Å². The van der Waals surface area contributed by atoms with E-state index in [2.05, 4.69) is 10.2 Å². The van der Waals surface area contributed by atoms with E-state index in [1.807, 2.05) is 0 Å². The van der Waals surface area contributed by atoms with Gasteiger partial charge in [0.25, 0.3) is 0 Å². The Morgan fingerprint density at radius 3 is 2.70 bits per heavy atom. The van der Waals surface area contributed by atoms with Gasteiger partial charge in [-0.3, -0.25) is 5.10 Å². The Hall–Kier alpha value is -1.00. The van der Waals surface area contributed by atoms with Crippen LogP contribution in [0.1, 0.15) is 5.69 Å². The SMILES string of the molecule is Fc1cn[nH]c1CC(F)F. The molecule has 0 saturated carbocycles. The van der Waals surface area contributed by atoms with Gasteiger partial charge in [0.1, 0.15) is 0 Å². The second-order valence-corrected chi connectivity index (χ2v) is 1.79. The summed E-state index contributed by atoms with van der Waals surface area (Å²) in [5, 5.41) is 5.37. The summed E-state index contributed by atoms with van der Waals surface area (Å²) < 4.78 is 35.4. The first-order valence-corrected chi connectivity index (χ1v) is 2.66. The minimum absolute atomic E-state index is 0.144. The molecule has 56 valence electrons. The summed E-state index contributed by atoms with van der Waals surface area (Å²) in [5.74, 6) is -0.708. The number of aromatic amines is 1. The van der Waals surface area contributed by atoms with Crippen LogP contribution in [0.25, 0.3) is 0 Å². The average molecular weight is 150 g/mol. The number of hydrogen-bond donors (Lipinski definition) is 1. The molecule has 1 N–H and O–H groups in total. The van der Waals surface area contributed by atoms with Crippen LogP contribution in [0.2, 0.25) is 0 Å². The molecule has 0 bridgehead atoms. The highest BCUT2D eigenvalue weighted by atomic mass is 19.3. The fourth-order valence-corrected chi connectivity index (χ4v) is 0.596. The summed E-state index contributed by atoms with van der Waals surface area (Å²) in [5.41, 5.74) is -0.144.